The van der Waals surface area contributed by atoms with Crippen LogP contribution in [-0.4, -0.2) is 9.78 Å². The first kappa shape index (κ1) is 12.6. The molecular weight excluding hydrogens is 212 g/mol. The number of hydrogen-bond acceptors (Lipinski definition) is 3. The van der Waals surface area contributed by atoms with Gasteiger partial charge in [0.15, 0.2) is 0 Å². The normalized spacial score (nSPS) is 25.8. The van der Waals surface area contributed by atoms with Crippen molar-refractivity contribution in [3.8, 4) is 0 Å². The van der Waals surface area contributed by atoms with E-state index in [0.717, 1.165) is 0 Å². The van der Waals surface area contributed by atoms with Gasteiger partial charge in [0.1, 0.15) is 0 Å². The minimum Gasteiger partial charge on any atom is -0.275 e. The standard InChI is InChI=1S/C13H24N4/c1-13(2)7-5-4-6-11(13)12(16-14)10-8-15-17(3)9-10/h8-9,11-12,16H,4-7,14H2,1-3H3. The van der Waals surface area contributed by atoms with Crippen LogP contribution in [-0.2, 0) is 7.05 Å². The zero-order valence-electron chi connectivity index (χ0n) is 11.1. The molecule has 0 amide bonds. The summed E-state index contributed by atoms with van der Waals surface area (Å²) in [6, 6.07) is 0.221. The van der Waals surface area contributed by atoms with Gasteiger partial charge in [-0.1, -0.05) is 26.7 Å². The number of hydrazine groups is 1. The smallest absolute Gasteiger partial charge is 0.0538 e. The average Bonchev–Trinajstić information content (AvgIpc) is 2.68. The third kappa shape index (κ3) is 2.53. The highest BCUT2D eigenvalue weighted by molar-refractivity contribution is 5.13. The van der Waals surface area contributed by atoms with Crippen molar-refractivity contribution in [2.24, 2.45) is 24.2 Å². The summed E-state index contributed by atoms with van der Waals surface area (Å²) in [7, 11) is 1.95. The average molecular weight is 236 g/mol. The molecule has 0 bridgehead atoms. The van der Waals surface area contributed by atoms with Crippen molar-refractivity contribution in [3.63, 3.8) is 0 Å². The molecule has 0 saturated heterocycles. The lowest BCUT2D eigenvalue weighted by Crippen LogP contribution is -2.41. The Kier molecular flexibility index (Phi) is 3.54. The summed E-state index contributed by atoms with van der Waals surface area (Å²) < 4.78 is 1.84. The highest BCUT2D eigenvalue weighted by atomic mass is 15.3. The second-order valence-electron chi connectivity index (χ2n) is 5.93. The number of aryl methyl sites for hydroxylation is 1. The van der Waals surface area contributed by atoms with Crippen LogP contribution in [0.1, 0.15) is 51.1 Å². The summed E-state index contributed by atoms with van der Waals surface area (Å²) in [5.74, 6) is 6.37. The van der Waals surface area contributed by atoms with Gasteiger partial charge in [-0.05, 0) is 24.2 Å². The molecule has 0 radical (unpaired) electrons. The third-order valence-electron chi connectivity index (χ3n) is 4.26. The quantitative estimate of drug-likeness (QED) is 0.624. The molecule has 1 heterocycles. The first-order valence-electron chi connectivity index (χ1n) is 6.49. The van der Waals surface area contributed by atoms with Crippen LogP contribution in [0.4, 0.5) is 0 Å². The van der Waals surface area contributed by atoms with Crippen LogP contribution < -0.4 is 11.3 Å². The van der Waals surface area contributed by atoms with E-state index in [0.29, 0.717) is 11.3 Å². The maximum absolute atomic E-state index is 5.78. The Hall–Kier alpha value is -0.870. The molecule has 1 aliphatic carbocycles. The minimum absolute atomic E-state index is 0.221. The van der Waals surface area contributed by atoms with E-state index in [1.165, 1.54) is 31.2 Å². The number of rotatable bonds is 3. The summed E-state index contributed by atoms with van der Waals surface area (Å²) in [6.07, 6.45) is 9.18. The largest absolute Gasteiger partial charge is 0.275 e. The van der Waals surface area contributed by atoms with Crippen LogP contribution in [0.3, 0.4) is 0 Å². The van der Waals surface area contributed by atoms with Crippen LogP contribution in [0.15, 0.2) is 12.4 Å². The van der Waals surface area contributed by atoms with Crippen molar-refractivity contribution in [2.45, 2.75) is 45.6 Å². The van der Waals surface area contributed by atoms with Crippen molar-refractivity contribution in [1.82, 2.24) is 15.2 Å². The van der Waals surface area contributed by atoms with E-state index in [1.807, 2.05) is 17.9 Å². The van der Waals surface area contributed by atoms with Gasteiger partial charge in [0, 0.05) is 18.8 Å². The van der Waals surface area contributed by atoms with Gasteiger partial charge in [0.25, 0.3) is 0 Å². The van der Waals surface area contributed by atoms with Crippen LogP contribution in [0.5, 0.6) is 0 Å². The van der Waals surface area contributed by atoms with Gasteiger partial charge in [-0.3, -0.25) is 16.0 Å². The SMILES string of the molecule is Cn1cc(C(NN)C2CCCCC2(C)C)cn1. The fourth-order valence-electron chi connectivity index (χ4n) is 3.18. The number of nitrogens with zero attached hydrogens (tertiary/aromatic N) is 2. The molecule has 96 valence electrons. The van der Waals surface area contributed by atoms with Gasteiger partial charge in [0.2, 0.25) is 0 Å². The summed E-state index contributed by atoms with van der Waals surface area (Å²) >= 11 is 0. The molecule has 1 fully saturated rings. The van der Waals surface area contributed by atoms with E-state index in [2.05, 4.69) is 30.6 Å². The lowest BCUT2D eigenvalue weighted by molar-refractivity contribution is 0.0982. The fourth-order valence-corrected chi connectivity index (χ4v) is 3.18. The lowest BCUT2D eigenvalue weighted by Gasteiger charge is -2.42. The van der Waals surface area contributed by atoms with Gasteiger partial charge in [-0.25, -0.2) is 0 Å². The van der Waals surface area contributed by atoms with Crippen molar-refractivity contribution < 1.29 is 0 Å². The van der Waals surface area contributed by atoms with E-state index in [-0.39, 0.29) is 6.04 Å². The molecule has 4 heteroatoms. The molecule has 17 heavy (non-hydrogen) atoms. The Balaban J connectivity index is 2.22. The molecule has 3 N–H and O–H groups in total. The Morgan fingerprint density at radius 3 is 2.82 bits per heavy atom. The highest BCUT2D eigenvalue weighted by Crippen LogP contribution is 2.46. The molecule has 2 atom stereocenters. The lowest BCUT2D eigenvalue weighted by atomic mass is 9.65. The predicted molar refractivity (Wildman–Crippen MR) is 69.0 cm³/mol. The molecular formula is C13H24N4. The van der Waals surface area contributed by atoms with Crippen molar-refractivity contribution >= 4 is 0 Å². The molecule has 0 spiro atoms. The summed E-state index contributed by atoms with van der Waals surface area (Å²) in [5.41, 5.74) is 4.56. The monoisotopic (exact) mass is 236 g/mol. The van der Waals surface area contributed by atoms with Crippen LogP contribution in [0, 0.1) is 11.3 Å². The summed E-state index contributed by atoms with van der Waals surface area (Å²) in [5, 5.41) is 4.25. The van der Waals surface area contributed by atoms with E-state index in [1.54, 1.807) is 0 Å². The Labute approximate surface area is 104 Å². The maximum atomic E-state index is 5.78. The second-order valence-corrected chi connectivity index (χ2v) is 5.93. The van der Waals surface area contributed by atoms with Crippen molar-refractivity contribution in [2.75, 3.05) is 0 Å². The van der Waals surface area contributed by atoms with Crippen LogP contribution in [0.25, 0.3) is 0 Å². The van der Waals surface area contributed by atoms with Gasteiger partial charge in [-0.2, -0.15) is 5.10 Å². The molecule has 1 aromatic heterocycles. The molecule has 1 aromatic rings. The fraction of sp³-hybridized carbons (Fsp3) is 0.769. The Morgan fingerprint density at radius 1 is 1.53 bits per heavy atom. The van der Waals surface area contributed by atoms with E-state index >= 15 is 0 Å². The van der Waals surface area contributed by atoms with E-state index in [9.17, 15) is 0 Å². The number of nitrogens with one attached hydrogen (secondary N) is 1. The Bertz CT molecular complexity index is 369. The molecule has 4 nitrogen and oxygen atoms in total. The molecule has 1 saturated carbocycles. The number of aromatic nitrogens is 2. The van der Waals surface area contributed by atoms with E-state index in [4.69, 9.17) is 5.84 Å². The van der Waals surface area contributed by atoms with Crippen molar-refractivity contribution in [3.05, 3.63) is 18.0 Å². The topological polar surface area (TPSA) is 55.9 Å². The number of hydrogen-bond donors (Lipinski definition) is 2. The third-order valence-corrected chi connectivity index (χ3v) is 4.26. The minimum atomic E-state index is 0.221. The van der Waals surface area contributed by atoms with Gasteiger partial charge in [0.05, 0.1) is 12.2 Å². The zero-order valence-corrected chi connectivity index (χ0v) is 11.1. The summed E-state index contributed by atoms with van der Waals surface area (Å²) in [6.45, 7) is 4.72. The van der Waals surface area contributed by atoms with E-state index < -0.39 is 0 Å². The number of nitrogens with two attached hydrogens (primary N) is 1. The molecule has 0 aromatic carbocycles. The molecule has 2 rings (SSSR count). The van der Waals surface area contributed by atoms with Gasteiger partial charge < -0.3 is 0 Å². The first-order valence-corrected chi connectivity index (χ1v) is 6.49. The van der Waals surface area contributed by atoms with Gasteiger partial charge >= 0.3 is 0 Å². The zero-order chi connectivity index (χ0) is 12.5. The highest BCUT2D eigenvalue weighted by Gasteiger charge is 2.38. The van der Waals surface area contributed by atoms with Crippen LogP contribution in [0.2, 0.25) is 0 Å². The van der Waals surface area contributed by atoms with Crippen molar-refractivity contribution in [1.29, 1.82) is 0 Å². The second kappa shape index (κ2) is 4.78. The molecule has 2 unspecified atom stereocenters. The Morgan fingerprint density at radius 2 is 2.29 bits per heavy atom. The molecule has 1 aliphatic rings. The van der Waals surface area contributed by atoms with Crippen LogP contribution >= 0.6 is 0 Å². The molecule has 0 aliphatic heterocycles. The maximum Gasteiger partial charge on any atom is 0.0538 e. The predicted octanol–water partition coefficient (Wildman–Crippen LogP) is 2.14. The summed E-state index contributed by atoms with van der Waals surface area (Å²) in [4.78, 5) is 0. The first-order chi connectivity index (χ1) is 8.04. The van der Waals surface area contributed by atoms with Gasteiger partial charge in [-0.15, -0.1) is 0 Å².